The first-order valence-corrected chi connectivity index (χ1v) is 8.06. The van der Waals surface area contributed by atoms with Gasteiger partial charge in [0.25, 0.3) is 0 Å². The summed E-state index contributed by atoms with van der Waals surface area (Å²) in [5.74, 6) is 0. The van der Waals surface area contributed by atoms with E-state index in [-0.39, 0.29) is 6.04 Å². The van der Waals surface area contributed by atoms with Crippen molar-refractivity contribution in [3.05, 3.63) is 28.2 Å². The van der Waals surface area contributed by atoms with Gasteiger partial charge in [0.1, 0.15) is 0 Å². The van der Waals surface area contributed by atoms with E-state index in [0.29, 0.717) is 11.4 Å². The standard InChI is InChI=1S/C14H20BrNOS/c1-9(16)7-11-3-4-14(12(15)8-11)18-13-5-6-17-10(13)2/h3-4,8-10,13H,5-7,16H2,1-2H3. The molecule has 3 unspecified atom stereocenters. The maximum Gasteiger partial charge on any atom is 0.0669 e. The monoisotopic (exact) mass is 329 g/mol. The number of hydrogen-bond donors (Lipinski definition) is 1. The fourth-order valence-corrected chi connectivity index (χ4v) is 4.00. The van der Waals surface area contributed by atoms with Gasteiger partial charge in [-0.1, -0.05) is 6.07 Å². The first-order valence-electron chi connectivity index (χ1n) is 6.38. The Morgan fingerprint density at radius 2 is 2.33 bits per heavy atom. The Kier molecular flexibility index (Phi) is 5.13. The Labute approximate surface area is 122 Å². The second kappa shape index (κ2) is 6.42. The minimum absolute atomic E-state index is 0.207. The van der Waals surface area contributed by atoms with Crippen LogP contribution in [0.3, 0.4) is 0 Å². The van der Waals surface area contributed by atoms with Gasteiger partial charge in [0.05, 0.1) is 6.10 Å². The Morgan fingerprint density at radius 1 is 1.56 bits per heavy atom. The molecule has 1 aromatic carbocycles. The van der Waals surface area contributed by atoms with Crippen molar-refractivity contribution in [2.75, 3.05) is 6.61 Å². The fourth-order valence-electron chi connectivity index (χ4n) is 2.17. The highest BCUT2D eigenvalue weighted by molar-refractivity contribution is 9.10. The molecular weight excluding hydrogens is 310 g/mol. The summed E-state index contributed by atoms with van der Waals surface area (Å²) in [5.41, 5.74) is 7.11. The van der Waals surface area contributed by atoms with Crippen LogP contribution in [0.4, 0.5) is 0 Å². The third-order valence-corrected chi connectivity index (χ3v) is 5.59. The zero-order valence-electron chi connectivity index (χ0n) is 10.9. The van der Waals surface area contributed by atoms with Gasteiger partial charge in [-0.15, -0.1) is 11.8 Å². The van der Waals surface area contributed by atoms with Crippen LogP contribution in [-0.2, 0) is 11.2 Å². The molecule has 100 valence electrons. The van der Waals surface area contributed by atoms with Gasteiger partial charge >= 0.3 is 0 Å². The molecule has 3 atom stereocenters. The van der Waals surface area contributed by atoms with Crippen LogP contribution in [0.5, 0.6) is 0 Å². The zero-order chi connectivity index (χ0) is 13.1. The first kappa shape index (κ1) is 14.4. The predicted molar refractivity (Wildman–Crippen MR) is 81.2 cm³/mol. The van der Waals surface area contributed by atoms with E-state index in [1.54, 1.807) is 0 Å². The Bertz CT molecular complexity index is 411. The van der Waals surface area contributed by atoms with Gasteiger partial charge in [-0.25, -0.2) is 0 Å². The van der Waals surface area contributed by atoms with Crippen LogP contribution < -0.4 is 5.73 Å². The molecule has 1 aliphatic heterocycles. The largest absolute Gasteiger partial charge is 0.377 e. The molecule has 1 heterocycles. The van der Waals surface area contributed by atoms with Crippen LogP contribution >= 0.6 is 27.7 Å². The maximum absolute atomic E-state index is 5.83. The number of nitrogens with two attached hydrogens (primary N) is 1. The minimum Gasteiger partial charge on any atom is -0.377 e. The van der Waals surface area contributed by atoms with Crippen molar-refractivity contribution in [3.63, 3.8) is 0 Å². The first-order chi connectivity index (χ1) is 8.56. The van der Waals surface area contributed by atoms with E-state index in [0.717, 1.165) is 19.4 Å². The van der Waals surface area contributed by atoms with Gasteiger partial charge in [0.2, 0.25) is 0 Å². The van der Waals surface area contributed by atoms with E-state index in [4.69, 9.17) is 10.5 Å². The number of benzene rings is 1. The van der Waals surface area contributed by atoms with Crippen molar-refractivity contribution in [2.24, 2.45) is 5.73 Å². The molecule has 18 heavy (non-hydrogen) atoms. The van der Waals surface area contributed by atoms with Gasteiger partial charge in [0, 0.05) is 27.3 Å². The molecule has 1 fully saturated rings. The second-order valence-corrected chi connectivity index (χ2v) is 7.10. The molecule has 0 amide bonds. The van der Waals surface area contributed by atoms with Crippen molar-refractivity contribution in [3.8, 4) is 0 Å². The smallest absolute Gasteiger partial charge is 0.0669 e. The summed E-state index contributed by atoms with van der Waals surface area (Å²) in [6.07, 6.45) is 2.41. The molecule has 0 spiro atoms. The van der Waals surface area contributed by atoms with E-state index in [9.17, 15) is 0 Å². The van der Waals surface area contributed by atoms with Crippen molar-refractivity contribution >= 4 is 27.7 Å². The molecule has 0 saturated carbocycles. The van der Waals surface area contributed by atoms with Crippen LogP contribution in [0.15, 0.2) is 27.6 Å². The molecule has 2 N–H and O–H groups in total. The third kappa shape index (κ3) is 3.73. The lowest BCUT2D eigenvalue weighted by molar-refractivity contribution is 0.127. The summed E-state index contributed by atoms with van der Waals surface area (Å²) >= 11 is 5.57. The van der Waals surface area contributed by atoms with E-state index in [1.807, 2.05) is 18.7 Å². The van der Waals surface area contributed by atoms with Crippen LogP contribution in [0, 0.1) is 0 Å². The topological polar surface area (TPSA) is 35.2 Å². The van der Waals surface area contributed by atoms with Crippen LogP contribution in [0.25, 0.3) is 0 Å². The lowest BCUT2D eigenvalue weighted by Gasteiger charge is -2.15. The maximum atomic E-state index is 5.83. The van der Waals surface area contributed by atoms with Gasteiger partial charge < -0.3 is 10.5 Å². The quantitative estimate of drug-likeness (QED) is 0.916. The lowest BCUT2D eigenvalue weighted by Crippen LogP contribution is -2.17. The molecule has 1 saturated heterocycles. The van der Waals surface area contributed by atoms with Gasteiger partial charge in [-0.2, -0.15) is 0 Å². The zero-order valence-corrected chi connectivity index (χ0v) is 13.3. The van der Waals surface area contributed by atoms with Crippen LogP contribution in [0.2, 0.25) is 0 Å². The Hall–Kier alpha value is -0.0300. The number of rotatable bonds is 4. The number of ether oxygens (including phenoxy) is 1. The molecule has 0 aliphatic carbocycles. The highest BCUT2D eigenvalue weighted by Gasteiger charge is 2.25. The van der Waals surface area contributed by atoms with E-state index in [2.05, 4.69) is 41.1 Å². The van der Waals surface area contributed by atoms with Crippen molar-refractivity contribution in [1.29, 1.82) is 0 Å². The minimum atomic E-state index is 0.207. The van der Waals surface area contributed by atoms with Gasteiger partial charge in [0.15, 0.2) is 0 Å². The average molecular weight is 330 g/mol. The molecule has 2 rings (SSSR count). The molecule has 0 aromatic heterocycles. The van der Waals surface area contributed by atoms with Gasteiger partial charge in [-0.3, -0.25) is 0 Å². The summed E-state index contributed by atoms with van der Waals surface area (Å²) < 4.78 is 6.77. The summed E-state index contributed by atoms with van der Waals surface area (Å²) in [6.45, 7) is 5.08. The van der Waals surface area contributed by atoms with Crippen molar-refractivity contribution in [1.82, 2.24) is 0 Å². The van der Waals surface area contributed by atoms with E-state index >= 15 is 0 Å². The summed E-state index contributed by atoms with van der Waals surface area (Å²) in [5, 5.41) is 0.570. The van der Waals surface area contributed by atoms with Crippen molar-refractivity contribution < 1.29 is 4.74 Å². The summed E-state index contributed by atoms with van der Waals surface area (Å²) in [6, 6.07) is 6.76. The molecule has 1 aromatic rings. The molecule has 0 radical (unpaired) electrons. The third-order valence-electron chi connectivity index (χ3n) is 3.14. The average Bonchev–Trinajstić information content (AvgIpc) is 2.67. The number of hydrogen-bond acceptors (Lipinski definition) is 3. The van der Waals surface area contributed by atoms with Crippen molar-refractivity contribution in [2.45, 2.75) is 49.0 Å². The second-order valence-electron chi connectivity index (χ2n) is 4.97. The lowest BCUT2D eigenvalue weighted by atomic mass is 10.1. The molecule has 2 nitrogen and oxygen atoms in total. The van der Waals surface area contributed by atoms with E-state index < -0.39 is 0 Å². The van der Waals surface area contributed by atoms with E-state index in [1.165, 1.54) is 14.9 Å². The molecular formula is C14H20BrNOS. The fraction of sp³-hybridized carbons (Fsp3) is 0.571. The van der Waals surface area contributed by atoms with Crippen LogP contribution in [-0.4, -0.2) is 24.0 Å². The van der Waals surface area contributed by atoms with Crippen LogP contribution in [0.1, 0.15) is 25.8 Å². The Morgan fingerprint density at radius 3 is 2.89 bits per heavy atom. The SMILES string of the molecule is CC(N)Cc1ccc(SC2CCOC2C)c(Br)c1. The number of halogens is 1. The summed E-state index contributed by atoms with van der Waals surface area (Å²) in [7, 11) is 0. The van der Waals surface area contributed by atoms with Gasteiger partial charge in [-0.05, 0) is 60.3 Å². The summed E-state index contributed by atoms with van der Waals surface area (Å²) in [4.78, 5) is 1.30. The molecule has 1 aliphatic rings. The highest BCUT2D eigenvalue weighted by atomic mass is 79.9. The molecule has 0 bridgehead atoms. The molecule has 4 heteroatoms. The normalized spacial score (nSPS) is 25.3. The number of thioether (sulfide) groups is 1. The predicted octanol–water partition coefficient (Wildman–Crippen LogP) is 3.61. The highest BCUT2D eigenvalue weighted by Crippen LogP contribution is 2.36. The Balaban J connectivity index is 2.05.